The number of likely N-dealkylation sites (N-methyl/N-ethyl adjacent to an activating group) is 1. The van der Waals surface area contributed by atoms with Crippen molar-refractivity contribution in [1.29, 1.82) is 0 Å². The van der Waals surface area contributed by atoms with Gasteiger partial charge in [-0.25, -0.2) is 14.0 Å². The summed E-state index contributed by atoms with van der Waals surface area (Å²) in [6, 6.07) is 8.08. The van der Waals surface area contributed by atoms with E-state index >= 15 is 4.39 Å². The highest BCUT2D eigenvalue weighted by Crippen LogP contribution is 2.35. The first kappa shape index (κ1) is 33.2. The number of hydrogen-bond acceptors (Lipinski definition) is 9. The first-order valence-electron chi connectivity index (χ1n) is 15.0. The lowest BCUT2D eigenvalue weighted by molar-refractivity contribution is -0.125. The zero-order valence-electron chi connectivity index (χ0n) is 26.7. The summed E-state index contributed by atoms with van der Waals surface area (Å²) in [6.07, 6.45) is -0.523. The summed E-state index contributed by atoms with van der Waals surface area (Å²) in [5.74, 6) is -2.15. The highest BCUT2D eigenvalue weighted by Gasteiger charge is 2.53. The van der Waals surface area contributed by atoms with Gasteiger partial charge in [-0.15, -0.1) is 0 Å². The molecule has 2 aliphatic rings. The fraction of sp³-hybridized carbons (Fsp3) is 0.406. The molecule has 0 radical (unpaired) electrons. The van der Waals surface area contributed by atoms with Gasteiger partial charge in [0.2, 0.25) is 0 Å². The molecule has 0 spiro atoms. The third-order valence-corrected chi connectivity index (χ3v) is 7.78. The van der Waals surface area contributed by atoms with Gasteiger partial charge in [-0.2, -0.15) is 0 Å². The molecule has 1 saturated heterocycles. The molecule has 1 atom stereocenters. The molecule has 6 amide bonds. The van der Waals surface area contributed by atoms with Crippen LogP contribution in [0.5, 0.6) is 5.75 Å². The number of imide groups is 1. The monoisotopic (exact) mass is 652 g/mol. The molecule has 0 saturated carbocycles. The number of nitrogens with one attached hydrogen (secondary N) is 4. The lowest BCUT2D eigenvalue weighted by Crippen LogP contribution is -2.52. The van der Waals surface area contributed by atoms with Crippen LogP contribution in [0.2, 0.25) is 0 Å². The number of amides is 6. The number of methoxy groups -OCH3 is 1. The Labute approximate surface area is 269 Å². The summed E-state index contributed by atoms with van der Waals surface area (Å²) in [6.45, 7) is 6.67. The Morgan fingerprint density at radius 2 is 1.81 bits per heavy atom. The summed E-state index contributed by atoms with van der Waals surface area (Å²) in [4.78, 5) is 66.9. The summed E-state index contributed by atoms with van der Waals surface area (Å²) >= 11 is 0. The van der Waals surface area contributed by atoms with Crippen LogP contribution >= 0.6 is 0 Å². The molecule has 0 bridgehead atoms. The van der Waals surface area contributed by atoms with Gasteiger partial charge in [-0.3, -0.25) is 19.7 Å². The van der Waals surface area contributed by atoms with Gasteiger partial charge in [0.25, 0.3) is 17.7 Å². The van der Waals surface area contributed by atoms with E-state index in [2.05, 4.69) is 21.3 Å². The van der Waals surface area contributed by atoms with Crippen molar-refractivity contribution in [2.24, 2.45) is 0 Å². The maximum atomic E-state index is 15.1. The van der Waals surface area contributed by atoms with Crippen molar-refractivity contribution in [3.8, 4) is 5.75 Å². The smallest absolute Gasteiger partial charge is 0.407 e. The predicted molar refractivity (Wildman–Crippen MR) is 166 cm³/mol. The fourth-order valence-electron chi connectivity index (χ4n) is 5.41. The van der Waals surface area contributed by atoms with Crippen molar-refractivity contribution >= 4 is 40.8 Å². The number of carbonyl (C=O) groups is 5. The third kappa shape index (κ3) is 7.14. The van der Waals surface area contributed by atoms with Crippen molar-refractivity contribution < 1.29 is 42.3 Å². The van der Waals surface area contributed by atoms with Gasteiger partial charge < -0.3 is 39.6 Å². The SMILES string of the molecule is COc1ccc2c(c1)C(=O)N(CC1(c3cc4cc(C(=O)NCCN(C)CCNC(=O)OC(C)(C)C)c(F)cc4o3)NC(=O)NC1=O)C2. The number of rotatable bonds is 11. The Kier molecular flexibility index (Phi) is 9.11. The standard InChI is InChI=1S/C32H37FN6O8/c1-31(2,3)47-30(44)35-9-11-38(4)10-8-34-26(40)22-12-19-13-25(46-24(19)15-23(22)33)32(28(42)36-29(43)37-32)17-39-16-18-6-7-20(45-5)14-21(18)27(39)41/h6-7,12-15H,8-11,16-17H2,1-5H3,(H,34,40)(H,35,44)(H2,36,37,42,43). The van der Waals surface area contributed by atoms with Crippen LogP contribution < -0.4 is 26.0 Å². The van der Waals surface area contributed by atoms with Gasteiger partial charge in [0.05, 0.1) is 19.2 Å². The number of benzene rings is 2. The molecular weight excluding hydrogens is 615 g/mol. The Balaban J connectivity index is 1.26. The van der Waals surface area contributed by atoms with Gasteiger partial charge in [-0.05, 0) is 57.6 Å². The molecule has 1 fully saturated rings. The molecule has 15 heteroatoms. The van der Waals surface area contributed by atoms with Crippen LogP contribution in [0.25, 0.3) is 11.0 Å². The number of fused-ring (bicyclic) bond motifs is 2. The second kappa shape index (κ2) is 12.9. The second-order valence-corrected chi connectivity index (χ2v) is 12.5. The van der Waals surface area contributed by atoms with E-state index < -0.39 is 40.9 Å². The number of alkyl carbamates (subject to hydrolysis) is 1. The Morgan fingerprint density at radius 3 is 2.47 bits per heavy atom. The van der Waals surface area contributed by atoms with Crippen LogP contribution in [0.1, 0.15) is 52.8 Å². The van der Waals surface area contributed by atoms with Crippen LogP contribution in [-0.4, -0.2) is 92.1 Å². The topological polar surface area (TPSA) is 172 Å². The first-order valence-corrected chi connectivity index (χ1v) is 15.0. The van der Waals surface area contributed by atoms with Crippen LogP contribution in [0, 0.1) is 5.82 Å². The average Bonchev–Trinajstić information content (AvgIpc) is 3.64. The summed E-state index contributed by atoms with van der Waals surface area (Å²) < 4.78 is 31.4. The number of urea groups is 1. The van der Waals surface area contributed by atoms with E-state index in [-0.39, 0.29) is 42.4 Å². The van der Waals surface area contributed by atoms with Gasteiger partial charge in [0, 0.05) is 49.7 Å². The number of furan rings is 1. The Hall–Kier alpha value is -5.18. The lowest BCUT2D eigenvalue weighted by Gasteiger charge is -2.29. The highest BCUT2D eigenvalue weighted by atomic mass is 19.1. The molecule has 47 heavy (non-hydrogen) atoms. The van der Waals surface area contributed by atoms with Crippen molar-refractivity contribution in [2.45, 2.75) is 38.5 Å². The summed E-state index contributed by atoms with van der Waals surface area (Å²) in [7, 11) is 3.29. The number of nitrogens with zero attached hydrogens (tertiary/aromatic N) is 2. The first-order chi connectivity index (χ1) is 22.2. The van der Waals surface area contributed by atoms with E-state index in [0.29, 0.717) is 36.3 Å². The maximum absolute atomic E-state index is 15.1. The molecule has 1 aromatic heterocycles. The normalized spacial score (nSPS) is 17.5. The second-order valence-electron chi connectivity index (χ2n) is 12.5. The van der Waals surface area contributed by atoms with Crippen molar-refractivity contribution in [1.82, 2.24) is 31.1 Å². The van der Waals surface area contributed by atoms with Gasteiger partial charge in [0.1, 0.15) is 28.5 Å². The zero-order valence-corrected chi connectivity index (χ0v) is 26.7. The molecule has 2 aliphatic heterocycles. The highest BCUT2D eigenvalue weighted by molar-refractivity contribution is 6.08. The zero-order chi connectivity index (χ0) is 34.1. The molecule has 0 aliphatic carbocycles. The third-order valence-electron chi connectivity index (χ3n) is 7.78. The van der Waals surface area contributed by atoms with E-state index in [1.165, 1.54) is 24.1 Å². The molecule has 3 heterocycles. The van der Waals surface area contributed by atoms with Crippen LogP contribution in [-0.2, 0) is 21.6 Å². The van der Waals surface area contributed by atoms with E-state index in [9.17, 15) is 24.0 Å². The molecule has 4 N–H and O–H groups in total. The largest absolute Gasteiger partial charge is 0.497 e. The van der Waals surface area contributed by atoms with Gasteiger partial charge in [0.15, 0.2) is 5.54 Å². The average molecular weight is 653 g/mol. The van der Waals surface area contributed by atoms with Crippen molar-refractivity contribution in [3.05, 3.63) is 64.7 Å². The van der Waals surface area contributed by atoms with Crippen LogP contribution in [0.15, 0.2) is 40.8 Å². The molecule has 2 aromatic carbocycles. The molecule has 1 unspecified atom stereocenters. The number of hydrogen-bond donors (Lipinski definition) is 4. The number of halogens is 1. The van der Waals surface area contributed by atoms with Gasteiger partial charge >= 0.3 is 12.1 Å². The maximum Gasteiger partial charge on any atom is 0.407 e. The minimum atomic E-state index is -1.81. The number of ether oxygens (including phenoxy) is 2. The minimum Gasteiger partial charge on any atom is -0.497 e. The molecule has 14 nitrogen and oxygen atoms in total. The van der Waals surface area contributed by atoms with Crippen molar-refractivity contribution in [2.75, 3.05) is 46.9 Å². The van der Waals surface area contributed by atoms with Crippen LogP contribution in [0.4, 0.5) is 14.0 Å². The van der Waals surface area contributed by atoms with E-state index in [0.717, 1.165) is 11.6 Å². The quantitative estimate of drug-likeness (QED) is 0.227. The van der Waals surface area contributed by atoms with E-state index in [1.54, 1.807) is 39.0 Å². The molecular formula is C32H37FN6O8. The number of carbonyl (C=O) groups excluding carboxylic acids is 5. The molecule has 3 aromatic rings. The summed E-state index contributed by atoms with van der Waals surface area (Å²) in [5, 5.41) is 10.4. The van der Waals surface area contributed by atoms with E-state index in [1.807, 2.05) is 11.9 Å². The predicted octanol–water partition coefficient (Wildman–Crippen LogP) is 2.46. The summed E-state index contributed by atoms with van der Waals surface area (Å²) in [5.41, 5.74) is -1.47. The van der Waals surface area contributed by atoms with E-state index in [4.69, 9.17) is 13.9 Å². The minimum absolute atomic E-state index is 0.0317. The molecule has 5 rings (SSSR count). The van der Waals surface area contributed by atoms with Crippen LogP contribution in [0.3, 0.4) is 0 Å². The Morgan fingerprint density at radius 1 is 1.09 bits per heavy atom. The molecule has 250 valence electrons. The van der Waals surface area contributed by atoms with Gasteiger partial charge in [-0.1, -0.05) is 6.07 Å². The fourth-order valence-corrected chi connectivity index (χ4v) is 5.41. The Bertz CT molecular complexity index is 1750. The van der Waals surface area contributed by atoms with Crippen molar-refractivity contribution in [3.63, 3.8) is 0 Å². The lowest BCUT2D eigenvalue weighted by atomic mass is 9.95.